The van der Waals surface area contributed by atoms with E-state index in [1.807, 2.05) is 0 Å². The van der Waals surface area contributed by atoms with Gasteiger partial charge in [0.1, 0.15) is 23.4 Å². The molecule has 0 aromatic heterocycles. The van der Waals surface area contributed by atoms with Crippen LogP contribution in [0.2, 0.25) is 0 Å². The monoisotopic (exact) mass is 783 g/mol. The molecule has 0 saturated carbocycles. The van der Waals surface area contributed by atoms with Gasteiger partial charge >= 0.3 is 11.8 Å². The molecule has 16 heteroatoms. The first-order chi connectivity index (χ1) is 26.3. The average molecular weight is 784 g/mol. The van der Waals surface area contributed by atoms with Crippen molar-refractivity contribution in [1.82, 2.24) is 5.43 Å². The first-order valence-corrected chi connectivity index (χ1v) is 18.3. The van der Waals surface area contributed by atoms with Crippen LogP contribution >= 0.6 is 0 Å². The Labute approximate surface area is 325 Å². The lowest BCUT2D eigenvalue weighted by Crippen LogP contribution is -2.46. The number of phenolic OH excluding ortho intramolecular Hbond substituents is 3. The van der Waals surface area contributed by atoms with E-state index >= 15 is 0 Å². The highest BCUT2D eigenvalue weighted by Crippen LogP contribution is 2.55. The molecule has 9 atom stereocenters. The number of rotatable bonds is 6. The van der Waals surface area contributed by atoms with Crippen LogP contribution in [0.15, 0.2) is 41.2 Å². The molecule has 2 aromatic rings. The zero-order valence-corrected chi connectivity index (χ0v) is 33.0. The van der Waals surface area contributed by atoms with Crippen molar-refractivity contribution >= 4 is 40.3 Å². The fourth-order valence-corrected chi connectivity index (χ4v) is 7.10. The number of methoxy groups -OCH3 is 1. The molecule has 306 valence electrons. The number of Topliss-reactive ketones (excluding diaryl/α,β-unsaturated/α-hetero) is 1. The van der Waals surface area contributed by atoms with E-state index in [2.05, 4.69) is 15.8 Å². The summed E-state index contributed by atoms with van der Waals surface area (Å²) in [5.41, 5.74) is 1.87. The van der Waals surface area contributed by atoms with E-state index in [-0.39, 0.29) is 57.6 Å². The summed E-state index contributed by atoms with van der Waals surface area (Å²) in [6, 6.07) is 0. The minimum Gasteiger partial charge on any atom is -0.507 e. The van der Waals surface area contributed by atoms with Gasteiger partial charge in [0.25, 0.3) is 11.7 Å². The van der Waals surface area contributed by atoms with E-state index in [9.17, 15) is 45.0 Å². The number of ether oxygens (including phenoxy) is 4. The summed E-state index contributed by atoms with van der Waals surface area (Å²) in [5, 5.41) is 72.8. The molecule has 56 heavy (non-hydrogen) atoms. The summed E-state index contributed by atoms with van der Waals surface area (Å²) >= 11 is 0. The van der Waals surface area contributed by atoms with Gasteiger partial charge in [-0.15, -0.1) is 0 Å². The Morgan fingerprint density at radius 1 is 1.00 bits per heavy atom. The Balaban J connectivity index is 1.97. The van der Waals surface area contributed by atoms with Crippen molar-refractivity contribution in [3.8, 4) is 23.0 Å². The van der Waals surface area contributed by atoms with E-state index in [1.54, 1.807) is 39.8 Å². The number of nitrogens with one attached hydrogen (secondary N) is 2. The number of anilines is 1. The molecule has 1 amide bonds. The number of benzene rings is 2. The molecule has 3 aliphatic rings. The third kappa shape index (κ3) is 8.48. The highest BCUT2D eigenvalue weighted by Gasteiger charge is 2.50. The van der Waals surface area contributed by atoms with Gasteiger partial charge in [0, 0.05) is 61.2 Å². The largest absolute Gasteiger partial charge is 0.507 e. The van der Waals surface area contributed by atoms with Crippen LogP contribution in [0.4, 0.5) is 5.69 Å². The minimum atomic E-state index is -2.07. The lowest BCUT2D eigenvalue weighted by molar-refractivity contribution is -0.160. The summed E-state index contributed by atoms with van der Waals surface area (Å²) in [7, 11) is 1.42. The maximum atomic E-state index is 14.3. The van der Waals surface area contributed by atoms with Crippen molar-refractivity contribution < 1.29 is 64.0 Å². The zero-order valence-electron chi connectivity index (χ0n) is 33.0. The molecule has 2 aromatic carbocycles. The molecular weight excluding hydrogens is 730 g/mol. The molecule has 16 nitrogen and oxygen atoms in total. The van der Waals surface area contributed by atoms with Gasteiger partial charge in [0.2, 0.25) is 0 Å². The summed E-state index contributed by atoms with van der Waals surface area (Å²) in [6.07, 6.45) is 4.42. The van der Waals surface area contributed by atoms with Gasteiger partial charge in [-0.2, -0.15) is 5.10 Å². The van der Waals surface area contributed by atoms with Crippen LogP contribution in [-0.4, -0.2) is 105 Å². The van der Waals surface area contributed by atoms with E-state index in [0.29, 0.717) is 0 Å². The SMILES string of the molecule is CO[C@H]1/C=C/O[C@@]2(C)Oc3c(C)c(O)c4c(O)c(c(/C=N/NCCO)c(O)c4c3C2=O)NC(=O)/C(C)=C/C=C/[C@H](C)[C@H](O)[C@@H](C)[C@@H](O)[C@@H](C)[C@H](OC(C)=O)[C@@H]1C. The molecule has 8 N–H and O–H groups in total. The quantitative estimate of drug-likeness (QED) is 0.0521. The van der Waals surface area contributed by atoms with Crippen LogP contribution in [0.25, 0.3) is 10.8 Å². The van der Waals surface area contributed by atoms with Crippen LogP contribution in [-0.2, 0) is 23.8 Å². The molecule has 0 aliphatic carbocycles. The van der Waals surface area contributed by atoms with Gasteiger partial charge in [-0.05, 0) is 19.9 Å². The Bertz CT molecular complexity index is 1960. The minimum absolute atomic E-state index is 0.0209. The van der Waals surface area contributed by atoms with Crippen molar-refractivity contribution in [1.29, 1.82) is 0 Å². The second-order valence-electron chi connectivity index (χ2n) is 14.5. The van der Waals surface area contributed by atoms with Gasteiger partial charge < -0.3 is 60.3 Å². The number of ketones is 1. The maximum Gasteiger partial charge on any atom is 0.312 e. The van der Waals surface area contributed by atoms with Crippen molar-refractivity contribution in [3.05, 3.63) is 52.8 Å². The summed E-state index contributed by atoms with van der Waals surface area (Å²) in [6.45, 7) is 12.1. The van der Waals surface area contributed by atoms with Crippen molar-refractivity contribution in [2.24, 2.45) is 28.8 Å². The summed E-state index contributed by atoms with van der Waals surface area (Å²) < 4.78 is 23.4. The summed E-state index contributed by atoms with van der Waals surface area (Å²) in [5.74, 6) is -8.76. The van der Waals surface area contributed by atoms with Crippen molar-refractivity contribution in [3.63, 3.8) is 0 Å². The number of aliphatic hydroxyl groups excluding tert-OH is 3. The third-order valence-corrected chi connectivity index (χ3v) is 10.5. The maximum absolute atomic E-state index is 14.3. The molecule has 0 saturated heterocycles. The number of esters is 1. The molecule has 0 spiro atoms. The van der Waals surface area contributed by atoms with Crippen LogP contribution in [0.1, 0.15) is 70.0 Å². The highest BCUT2D eigenvalue weighted by atomic mass is 16.7. The third-order valence-electron chi connectivity index (χ3n) is 10.5. The standard InChI is InChI=1S/C40H53N3O13/c1-18-11-10-12-19(2)39(52)43-30-25(17-42-41-14-15-44)34(49)27-28(35(30)50)33(48)23(6)37-29(27)38(51)40(8,56-37)54-16-13-26(53-9)20(3)36(55-24(7)45)22(5)32(47)21(4)31(18)46/h10-13,16-18,20-22,26,31-32,36,41,44,46-50H,14-15H2,1-9H3,(H,43,52)/b11-10+,16-13+,19-12+,42-17+/t18-,20+,21+,22+,26-,31-,32+,36+,40-/m0/s1. The number of allylic oxidation sites excluding steroid dienone is 2. The van der Waals surface area contributed by atoms with Gasteiger partial charge in [-0.25, -0.2) is 0 Å². The van der Waals surface area contributed by atoms with Gasteiger partial charge in [0.15, 0.2) is 5.75 Å². The molecular formula is C40H53N3O13. The Morgan fingerprint density at radius 2 is 1.68 bits per heavy atom. The molecule has 0 radical (unpaired) electrons. The first-order valence-electron chi connectivity index (χ1n) is 18.3. The van der Waals surface area contributed by atoms with Crippen LogP contribution in [0.3, 0.4) is 0 Å². The van der Waals surface area contributed by atoms with Gasteiger partial charge in [-0.1, -0.05) is 45.9 Å². The Kier molecular flexibility index (Phi) is 13.8. The second-order valence-corrected chi connectivity index (χ2v) is 14.5. The number of carbonyl (C=O) groups is 3. The Morgan fingerprint density at radius 3 is 2.30 bits per heavy atom. The fourth-order valence-electron chi connectivity index (χ4n) is 7.10. The molecule has 5 rings (SSSR count). The highest BCUT2D eigenvalue weighted by molar-refractivity contribution is 6.23. The van der Waals surface area contributed by atoms with Crippen molar-refractivity contribution in [2.45, 2.75) is 85.6 Å². The smallest absolute Gasteiger partial charge is 0.312 e. The van der Waals surface area contributed by atoms with E-state index in [4.69, 9.17) is 18.9 Å². The average Bonchev–Trinajstić information content (AvgIpc) is 3.42. The number of amides is 1. The number of phenols is 3. The predicted molar refractivity (Wildman–Crippen MR) is 206 cm³/mol. The molecule has 0 unspecified atom stereocenters. The zero-order chi connectivity index (χ0) is 41.8. The number of hydrogen-bond donors (Lipinski definition) is 8. The topological polar surface area (TPSA) is 246 Å². The van der Waals surface area contributed by atoms with Gasteiger partial charge in [-0.3, -0.25) is 14.4 Å². The number of aromatic hydroxyl groups is 3. The predicted octanol–water partition coefficient (Wildman–Crippen LogP) is 3.67. The molecule has 0 fully saturated rings. The number of hydrogen-bond acceptors (Lipinski definition) is 15. The first kappa shape index (κ1) is 43.6. The number of nitrogens with zero attached hydrogens (tertiary/aromatic N) is 1. The van der Waals surface area contributed by atoms with Gasteiger partial charge in [0.05, 0.1) is 66.1 Å². The van der Waals surface area contributed by atoms with Crippen LogP contribution in [0.5, 0.6) is 23.0 Å². The number of aliphatic hydroxyl groups is 3. The van der Waals surface area contributed by atoms with E-state index in [0.717, 1.165) is 6.21 Å². The molecule has 3 heterocycles. The lowest BCUT2D eigenvalue weighted by Gasteiger charge is -2.38. The normalized spacial score (nSPS) is 31.0. The van der Waals surface area contributed by atoms with Crippen LogP contribution < -0.4 is 15.5 Å². The van der Waals surface area contributed by atoms with E-state index in [1.165, 1.54) is 53.2 Å². The number of fused-ring (bicyclic) bond motifs is 14. The molecule has 3 aliphatic heterocycles. The van der Waals surface area contributed by atoms with Crippen molar-refractivity contribution in [2.75, 3.05) is 25.6 Å². The fraction of sp³-hybridized carbons (Fsp3) is 0.500. The molecule has 5 bridgehead atoms. The second kappa shape index (κ2) is 17.7. The van der Waals surface area contributed by atoms with Crippen LogP contribution in [0, 0.1) is 30.6 Å². The van der Waals surface area contributed by atoms with E-state index < -0.39 is 88.8 Å². The summed E-state index contributed by atoms with van der Waals surface area (Å²) in [4.78, 5) is 40.1. The Hall–Kier alpha value is -5.16. The number of hydrazone groups is 1. The lowest BCUT2D eigenvalue weighted by atomic mass is 9.78. The number of carbonyl (C=O) groups excluding carboxylic acids is 3.